The maximum atomic E-state index is 12.3. The molecule has 0 aliphatic heterocycles. The Morgan fingerprint density at radius 2 is 1.94 bits per heavy atom. The molecule has 9 heteroatoms. The van der Waals surface area contributed by atoms with Crippen LogP contribution in [0.2, 0.25) is 5.02 Å². The Hall–Kier alpha value is -2.97. The molecular formula is C22H23ClN4O3S. The minimum atomic E-state index is -0.354. The summed E-state index contributed by atoms with van der Waals surface area (Å²) in [5, 5.41) is 12.4. The summed E-state index contributed by atoms with van der Waals surface area (Å²) in [7, 11) is 1.62. The van der Waals surface area contributed by atoms with E-state index in [1.54, 1.807) is 31.4 Å². The van der Waals surface area contributed by atoms with E-state index in [-0.39, 0.29) is 17.8 Å². The molecule has 0 saturated heterocycles. The van der Waals surface area contributed by atoms with Gasteiger partial charge >= 0.3 is 0 Å². The molecule has 0 fully saturated rings. The van der Waals surface area contributed by atoms with Crippen LogP contribution in [0.3, 0.4) is 0 Å². The first-order chi connectivity index (χ1) is 15.0. The molecule has 1 aromatic heterocycles. The van der Waals surface area contributed by atoms with E-state index in [1.807, 2.05) is 41.8 Å². The summed E-state index contributed by atoms with van der Waals surface area (Å²) in [6.07, 6.45) is 1.40. The fourth-order valence-electron chi connectivity index (χ4n) is 2.80. The number of carbonyl (C=O) groups excluding carboxylic acids is 1. The number of nitrogens with zero attached hydrogens (tertiary/aromatic N) is 3. The lowest BCUT2D eigenvalue weighted by Gasteiger charge is -2.16. The molecule has 0 spiro atoms. The molecule has 31 heavy (non-hydrogen) atoms. The van der Waals surface area contributed by atoms with Gasteiger partial charge in [-0.1, -0.05) is 41.6 Å². The number of thioether (sulfide) groups is 1. The number of ether oxygens (including phenoxy) is 2. The third-order valence-corrected chi connectivity index (χ3v) is 5.57. The van der Waals surface area contributed by atoms with Gasteiger partial charge in [0.15, 0.2) is 17.1 Å². The first-order valence-electron chi connectivity index (χ1n) is 9.53. The summed E-state index contributed by atoms with van der Waals surface area (Å²) in [5.41, 5.74) is 0.574. The van der Waals surface area contributed by atoms with Crippen molar-refractivity contribution < 1.29 is 14.3 Å². The second-order valence-corrected chi connectivity index (χ2v) is 7.84. The highest BCUT2D eigenvalue weighted by Gasteiger charge is 2.20. The molecule has 1 N–H and O–H groups in total. The van der Waals surface area contributed by atoms with E-state index in [0.717, 1.165) is 5.75 Å². The van der Waals surface area contributed by atoms with E-state index >= 15 is 0 Å². The Labute approximate surface area is 190 Å². The highest BCUT2D eigenvalue weighted by molar-refractivity contribution is 7.99. The Kier molecular flexibility index (Phi) is 7.97. The van der Waals surface area contributed by atoms with Crippen LogP contribution in [0, 0.1) is 0 Å². The molecule has 0 radical (unpaired) electrons. The van der Waals surface area contributed by atoms with Gasteiger partial charge in [0, 0.05) is 6.54 Å². The van der Waals surface area contributed by atoms with Gasteiger partial charge in [-0.05, 0) is 43.3 Å². The first-order valence-corrected chi connectivity index (χ1v) is 10.9. The molecule has 1 heterocycles. The van der Waals surface area contributed by atoms with E-state index in [1.165, 1.54) is 11.8 Å². The predicted molar refractivity (Wildman–Crippen MR) is 123 cm³/mol. The van der Waals surface area contributed by atoms with Crippen molar-refractivity contribution >= 4 is 35.0 Å². The van der Waals surface area contributed by atoms with Gasteiger partial charge in [-0.2, -0.15) is 0 Å². The Morgan fingerprint density at radius 3 is 2.61 bits per heavy atom. The number of methoxy groups -OCH3 is 1. The molecule has 7 nitrogen and oxygen atoms in total. The normalized spacial score (nSPS) is 11.6. The van der Waals surface area contributed by atoms with Crippen molar-refractivity contribution in [1.82, 2.24) is 14.8 Å². The fourth-order valence-corrected chi connectivity index (χ4v) is 3.74. The summed E-state index contributed by atoms with van der Waals surface area (Å²) in [6, 6.07) is 14.4. The molecule has 0 bridgehead atoms. The lowest BCUT2D eigenvalue weighted by molar-refractivity contribution is -0.113. The molecule has 1 unspecified atom stereocenters. The number of rotatable bonds is 10. The Balaban J connectivity index is 1.66. The summed E-state index contributed by atoms with van der Waals surface area (Å²) >= 11 is 7.38. The van der Waals surface area contributed by atoms with Crippen LogP contribution in [0.5, 0.6) is 11.5 Å². The van der Waals surface area contributed by atoms with Gasteiger partial charge in [0.1, 0.15) is 11.5 Å². The van der Waals surface area contributed by atoms with Crippen LogP contribution >= 0.6 is 23.4 Å². The average Bonchev–Trinajstić information content (AvgIpc) is 3.17. The maximum absolute atomic E-state index is 12.3. The minimum Gasteiger partial charge on any atom is -0.497 e. The first kappa shape index (κ1) is 22.7. The van der Waals surface area contributed by atoms with Crippen LogP contribution in [0.25, 0.3) is 0 Å². The molecule has 3 rings (SSSR count). The lowest BCUT2D eigenvalue weighted by Crippen LogP contribution is -2.15. The van der Waals surface area contributed by atoms with Gasteiger partial charge in [-0.3, -0.25) is 9.36 Å². The average molecular weight is 459 g/mol. The van der Waals surface area contributed by atoms with E-state index in [2.05, 4.69) is 22.1 Å². The van der Waals surface area contributed by atoms with Crippen LogP contribution in [0.15, 0.2) is 66.3 Å². The standard InChI is InChI=1S/C22H23ClN4O3S/c1-4-13-27-21(15(2)30-17-11-9-16(29-3)10-12-17)25-26-22(27)31-14-20(28)24-19-8-6-5-7-18(19)23/h4-12,15H,1,13-14H2,2-3H3,(H,24,28). The van der Waals surface area contributed by atoms with Crippen molar-refractivity contribution in [3.8, 4) is 11.5 Å². The van der Waals surface area contributed by atoms with E-state index < -0.39 is 0 Å². The second kappa shape index (κ2) is 10.9. The van der Waals surface area contributed by atoms with Crippen molar-refractivity contribution in [3.63, 3.8) is 0 Å². The van der Waals surface area contributed by atoms with Crippen LogP contribution < -0.4 is 14.8 Å². The number of amides is 1. The number of hydrogen-bond donors (Lipinski definition) is 1. The van der Waals surface area contributed by atoms with E-state index in [4.69, 9.17) is 21.1 Å². The molecule has 3 aromatic rings. The monoisotopic (exact) mass is 458 g/mol. The number of carbonyl (C=O) groups is 1. The van der Waals surface area contributed by atoms with E-state index in [9.17, 15) is 4.79 Å². The second-order valence-electron chi connectivity index (χ2n) is 6.49. The maximum Gasteiger partial charge on any atom is 0.234 e. The van der Waals surface area contributed by atoms with E-state index in [0.29, 0.717) is 34.0 Å². The van der Waals surface area contributed by atoms with Crippen LogP contribution in [0.4, 0.5) is 5.69 Å². The third-order valence-electron chi connectivity index (χ3n) is 4.27. The minimum absolute atomic E-state index is 0.161. The highest BCUT2D eigenvalue weighted by Crippen LogP contribution is 2.26. The molecule has 1 atom stereocenters. The van der Waals surface area contributed by atoms with Gasteiger partial charge in [0.2, 0.25) is 5.91 Å². The lowest BCUT2D eigenvalue weighted by atomic mass is 10.3. The smallest absolute Gasteiger partial charge is 0.234 e. The Bertz CT molecular complexity index is 1040. The fraction of sp³-hybridized carbons (Fsp3) is 0.227. The summed E-state index contributed by atoms with van der Waals surface area (Å²) in [6.45, 7) is 6.20. The number of halogens is 1. The largest absolute Gasteiger partial charge is 0.497 e. The molecule has 162 valence electrons. The SMILES string of the molecule is C=CCn1c(SCC(=O)Nc2ccccc2Cl)nnc1C(C)Oc1ccc(OC)cc1. The number of nitrogens with one attached hydrogen (secondary N) is 1. The number of aromatic nitrogens is 3. The summed E-state index contributed by atoms with van der Waals surface area (Å²) < 4.78 is 13.1. The van der Waals surface area contributed by atoms with Gasteiger partial charge < -0.3 is 14.8 Å². The van der Waals surface area contributed by atoms with Gasteiger partial charge in [-0.15, -0.1) is 16.8 Å². The number of hydrogen-bond acceptors (Lipinski definition) is 6. The summed E-state index contributed by atoms with van der Waals surface area (Å²) in [4.78, 5) is 12.3. The van der Waals surface area contributed by atoms with Crippen molar-refractivity contribution in [1.29, 1.82) is 0 Å². The zero-order valence-electron chi connectivity index (χ0n) is 17.2. The van der Waals surface area contributed by atoms with Crippen molar-refractivity contribution in [2.24, 2.45) is 0 Å². The summed E-state index contributed by atoms with van der Waals surface area (Å²) in [5.74, 6) is 2.06. The van der Waals surface area contributed by atoms with Crippen molar-refractivity contribution in [2.45, 2.75) is 24.7 Å². The van der Waals surface area contributed by atoms with Crippen molar-refractivity contribution in [3.05, 3.63) is 72.0 Å². The molecule has 0 aliphatic rings. The number of para-hydroxylation sites is 1. The van der Waals surface area contributed by atoms with Crippen LogP contribution in [0.1, 0.15) is 18.9 Å². The molecule has 0 saturated carbocycles. The number of allylic oxidation sites excluding steroid dienone is 1. The highest BCUT2D eigenvalue weighted by atomic mass is 35.5. The van der Waals surface area contributed by atoms with Crippen LogP contribution in [-0.2, 0) is 11.3 Å². The zero-order chi connectivity index (χ0) is 22.2. The third kappa shape index (κ3) is 6.02. The molecule has 1 amide bonds. The predicted octanol–water partition coefficient (Wildman–Crippen LogP) is 5.00. The van der Waals surface area contributed by atoms with Crippen LogP contribution in [-0.4, -0.2) is 33.5 Å². The van der Waals surface area contributed by atoms with Gasteiger partial charge in [-0.25, -0.2) is 0 Å². The molecular weight excluding hydrogens is 436 g/mol. The Morgan fingerprint density at radius 1 is 1.23 bits per heavy atom. The van der Waals surface area contributed by atoms with Crippen molar-refractivity contribution in [2.75, 3.05) is 18.2 Å². The quantitative estimate of drug-likeness (QED) is 0.340. The van der Waals surface area contributed by atoms with Gasteiger partial charge in [0.05, 0.1) is 23.6 Å². The number of anilines is 1. The zero-order valence-corrected chi connectivity index (χ0v) is 18.8. The molecule has 2 aromatic carbocycles. The number of benzene rings is 2. The molecule has 0 aliphatic carbocycles. The topological polar surface area (TPSA) is 78.3 Å². The van der Waals surface area contributed by atoms with Gasteiger partial charge in [0.25, 0.3) is 0 Å².